The van der Waals surface area contributed by atoms with Crippen molar-refractivity contribution in [2.24, 2.45) is 0 Å². The van der Waals surface area contributed by atoms with Crippen LogP contribution in [0.4, 0.5) is 0 Å². The van der Waals surface area contributed by atoms with Gasteiger partial charge in [-0.25, -0.2) is 0 Å². The van der Waals surface area contributed by atoms with Crippen molar-refractivity contribution >= 4 is 5.91 Å². The number of furan rings is 1. The number of carbonyl (C=O) groups is 1. The lowest BCUT2D eigenvalue weighted by Gasteiger charge is -2.25. The maximum Gasteiger partial charge on any atom is 0.237 e. The summed E-state index contributed by atoms with van der Waals surface area (Å²) in [6.07, 6.45) is 4.41. The molecule has 2 N–H and O–H groups in total. The van der Waals surface area contributed by atoms with Gasteiger partial charge in [-0.3, -0.25) is 9.69 Å². The fourth-order valence-electron chi connectivity index (χ4n) is 3.01. The molecule has 21 heavy (non-hydrogen) atoms. The molecule has 1 fully saturated rings. The highest BCUT2D eigenvalue weighted by Gasteiger charge is 2.30. The quantitative estimate of drug-likeness (QED) is 0.808. The molecule has 5 heteroatoms. The molecule has 2 heterocycles. The molecule has 1 saturated heterocycles. The van der Waals surface area contributed by atoms with Gasteiger partial charge >= 0.3 is 0 Å². The molecule has 3 unspecified atom stereocenters. The molecule has 3 atom stereocenters. The first-order valence-electron chi connectivity index (χ1n) is 7.87. The molecule has 2 rings (SSSR count). The summed E-state index contributed by atoms with van der Waals surface area (Å²) >= 11 is 0. The highest BCUT2D eigenvalue weighted by atomic mass is 16.4. The van der Waals surface area contributed by atoms with E-state index < -0.39 is 6.10 Å². The third-order valence-corrected chi connectivity index (χ3v) is 4.01. The first kappa shape index (κ1) is 16.0. The van der Waals surface area contributed by atoms with E-state index in [2.05, 4.69) is 17.1 Å². The summed E-state index contributed by atoms with van der Waals surface area (Å²) in [6.45, 7) is 6.04. The first-order chi connectivity index (χ1) is 10.1. The Balaban J connectivity index is 1.81. The summed E-state index contributed by atoms with van der Waals surface area (Å²) in [6, 6.07) is 3.41. The number of nitrogens with one attached hydrogen (secondary N) is 1. The second-order valence-corrected chi connectivity index (χ2v) is 5.87. The standard InChI is InChI=1S/C16H26N2O3/c1-3-8-18-9-4-6-13(18)16(20)17-12(2)11-14(19)15-7-5-10-21-15/h5,7,10,12-14,19H,3-4,6,8-9,11H2,1-2H3,(H,17,20). The molecule has 1 aliphatic rings. The molecule has 5 nitrogen and oxygen atoms in total. The normalized spacial score (nSPS) is 22.1. The van der Waals surface area contributed by atoms with Crippen molar-refractivity contribution in [1.82, 2.24) is 10.2 Å². The van der Waals surface area contributed by atoms with Crippen molar-refractivity contribution in [1.29, 1.82) is 0 Å². The number of amides is 1. The lowest BCUT2D eigenvalue weighted by atomic mass is 10.1. The Bertz CT molecular complexity index is 433. The van der Waals surface area contributed by atoms with Crippen LogP contribution in [-0.2, 0) is 4.79 Å². The largest absolute Gasteiger partial charge is 0.467 e. The topological polar surface area (TPSA) is 65.7 Å². The molecular formula is C16H26N2O3. The zero-order valence-corrected chi connectivity index (χ0v) is 12.9. The number of hydrogen-bond donors (Lipinski definition) is 2. The maximum absolute atomic E-state index is 12.4. The van der Waals surface area contributed by atoms with E-state index in [4.69, 9.17) is 4.42 Å². The van der Waals surface area contributed by atoms with Gasteiger partial charge in [-0.15, -0.1) is 0 Å². The van der Waals surface area contributed by atoms with Gasteiger partial charge in [-0.05, 0) is 51.4 Å². The van der Waals surface area contributed by atoms with E-state index in [0.717, 1.165) is 32.4 Å². The maximum atomic E-state index is 12.4. The summed E-state index contributed by atoms with van der Waals surface area (Å²) in [5.41, 5.74) is 0. The lowest BCUT2D eigenvalue weighted by Crippen LogP contribution is -2.46. The van der Waals surface area contributed by atoms with Crippen molar-refractivity contribution in [2.45, 2.75) is 57.7 Å². The van der Waals surface area contributed by atoms with Crippen LogP contribution in [0.3, 0.4) is 0 Å². The molecule has 1 amide bonds. The highest BCUT2D eigenvalue weighted by molar-refractivity contribution is 5.82. The third kappa shape index (κ3) is 4.32. The molecule has 0 saturated carbocycles. The lowest BCUT2D eigenvalue weighted by molar-refractivity contribution is -0.126. The summed E-state index contributed by atoms with van der Waals surface area (Å²) in [4.78, 5) is 14.6. The second-order valence-electron chi connectivity index (χ2n) is 5.87. The summed E-state index contributed by atoms with van der Waals surface area (Å²) in [5, 5.41) is 13.1. The minimum Gasteiger partial charge on any atom is -0.467 e. The Morgan fingerprint density at radius 3 is 3.10 bits per heavy atom. The predicted molar refractivity (Wildman–Crippen MR) is 80.8 cm³/mol. The number of aliphatic hydroxyl groups is 1. The van der Waals surface area contributed by atoms with Crippen LogP contribution in [0.25, 0.3) is 0 Å². The van der Waals surface area contributed by atoms with Gasteiger partial charge in [0.1, 0.15) is 11.9 Å². The van der Waals surface area contributed by atoms with Crippen LogP contribution in [0.1, 0.15) is 51.4 Å². The molecule has 0 radical (unpaired) electrons. The number of rotatable bonds is 7. The fourth-order valence-corrected chi connectivity index (χ4v) is 3.01. The zero-order chi connectivity index (χ0) is 15.2. The summed E-state index contributed by atoms with van der Waals surface area (Å²) < 4.78 is 5.18. The monoisotopic (exact) mass is 294 g/mol. The molecule has 0 spiro atoms. The van der Waals surface area contributed by atoms with Gasteiger partial charge in [0.05, 0.1) is 12.3 Å². The number of likely N-dealkylation sites (tertiary alicyclic amines) is 1. The van der Waals surface area contributed by atoms with Gasteiger partial charge < -0.3 is 14.8 Å². The van der Waals surface area contributed by atoms with Crippen molar-refractivity contribution in [3.05, 3.63) is 24.2 Å². The van der Waals surface area contributed by atoms with Crippen molar-refractivity contribution < 1.29 is 14.3 Å². The minimum atomic E-state index is -0.675. The molecule has 118 valence electrons. The Morgan fingerprint density at radius 1 is 1.62 bits per heavy atom. The third-order valence-electron chi connectivity index (χ3n) is 4.01. The Hall–Kier alpha value is -1.33. The van der Waals surface area contributed by atoms with Crippen LogP contribution in [0.15, 0.2) is 22.8 Å². The van der Waals surface area contributed by atoms with Crippen LogP contribution in [0.5, 0.6) is 0 Å². The average Bonchev–Trinajstić information content (AvgIpc) is 3.09. The molecule has 1 aromatic rings. The Kier molecular flexibility index (Phi) is 5.82. The van der Waals surface area contributed by atoms with E-state index in [1.165, 1.54) is 0 Å². The van der Waals surface area contributed by atoms with Gasteiger partial charge in [0.25, 0.3) is 0 Å². The molecule has 1 aliphatic heterocycles. The second kappa shape index (κ2) is 7.61. The van der Waals surface area contributed by atoms with Crippen LogP contribution < -0.4 is 5.32 Å². The summed E-state index contributed by atoms with van der Waals surface area (Å²) in [5.74, 6) is 0.629. The van der Waals surface area contributed by atoms with Gasteiger partial charge in [0.15, 0.2) is 0 Å². The number of nitrogens with zero attached hydrogens (tertiary/aromatic N) is 1. The van der Waals surface area contributed by atoms with Gasteiger partial charge in [-0.2, -0.15) is 0 Å². The Morgan fingerprint density at radius 2 is 2.43 bits per heavy atom. The van der Waals surface area contributed by atoms with Crippen LogP contribution >= 0.6 is 0 Å². The van der Waals surface area contributed by atoms with E-state index in [9.17, 15) is 9.90 Å². The van der Waals surface area contributed by atoms with E-state index in [1.54, 1.807) is 18.4 Å². The number of carbonyl (C=O) groups excluding carboxylic acids is 1. The van der Waals surface area contributed by atoms with E-state index in [-0.39, 0.29) is 18.0 Å². The van der Waals surface area contributed by atoms with Crippen molar-refractivity contribution in [3.8, 4) is 0 Å². The molecular weight excluding hydrogens is 268 g/mol. The van der Waals surface area contributed by atoms with E-state index >= 15 is 0 Å². The molecule has 1 aromatic heterocycles. The number of hydrogen-bond acceptors (Lipinski definition) is 4. The van der Waals surface area contributed by atoms with Crippen LogP contribution in [-0.4, -0.2) is 41.1 Å². The molecule has 0 aromatic carbocycles. The van der Waals surface area contributed by atoms with Crippen LogP contribution in [0, 0.1) is 0 Å². The van der Waals surface area contributed by atoms with E-state index in [0.29, 0.717) is 12.2 Å². The number of aliphatic hydroxyl groups excluding tert-OH is 1. The summed E-state index contributed by atoms with van der Waals surface area (Å²) in [7, 11) is 0. The zero-order valence-electron chi connectivity index (χ0n) is 12.9. The average molecular weight is 294 g/mol. The smallest absolute Gasteiger partial charge is 0.237 e. The molecule has 0 aliphatic carbocycles. The van der Waals surface area contributed by atoms with Gasteiger partial charge in [-0.1, -0.05) is 6.92 Å². The van der Waals surface area contributed by atoms with E-state index in [1.807, 2.05) is 6.92 Å². The van der Waals surface area contributed by atoms with Gasteiger partial charge in [0.2, 0.25) is 5.91 Å². The first-order valence-corrected chi connectivity index (χ1v) is 7.87. The minimum absolute atomic E-state index is 0.00634. The van der Waals surface area contributed by atoms with Crippen molar-refractivity contribution in [3.63, 3.8) is 0 Å². The predicted octanol–water partition coefficient (Wildman–Crippen LogP) is 2.08. The van der Waals surface area contributed by atoms with Crippen molar-refractivity contribution in [2.75, 3.05) is 13.1 Å². The SMILES string of the molecule is CCCN1CCCC1C(=O)NC(C)CC(O)c1ccco1. The fraction of sp³-hybridized carbons (Fsp3) is 0.688. The van der Waals surface area contributed by atoms with Crippen LogP contribution in [0.2, 0.25) is 0 Å². The van der Waals surface area contributed by atoms with Gasteiger partial charge in [0, 0.05) is 12.5 Å². The molecule has 0 bridgehead atoms. The Labute approximate surface area is 126 Å². The highest BCUT2D eigenvalue weighted by Crippen LogP contribution is 2.20.